The number of rotatable bonds is 3. The number of piperazine rings is 1. The van der Waals surface area contributed by atoms with E-state index in [-0.39, 0.29) is 24.3 Å². The van der Waals surface area contributed by atoms with Gasteiger partial charge in [0.05, 0.1) is 11.7 Å². The minimum absolute atomic E-state index is 0. The van der Waals surface area contributed by atoms with Gasteiger partial charge in [-0.1, -0.05) is 5.16 Å². The van der Waals surface area contributed by atoms with Crippen LogP contribution >= 0.6 is 12.4 Å². The molecule has 1 aliphatic heterocycles. The molecular weight excluding hydrogens is 347 g/mol. The van der Waals surface area contributed by atoms with E-state index in [9.17, 15) is 4.39 Å². The van der Waals surface area contributed by atoms with Crippen LogP contribution in [0, 0.1) is 5.82 Å². The van der Waals surface area contributed by atoms with Gasteiger partial charge in [-0.05, 0) is 37.4 Å². The van der Waals surface area contributed by atoms with E-state index < -0.39 is 0 Å². The molecule has 3 heterocycles. The Kier molecular flexibility index (Phi) is 5.12. The molecule has 3 aromatic rings. The summed E-state index contributed by atoms with van der Waals surface area (Å²) in [6.45, 7) is 2.69. The Bertz CT molecular complexity index is 833. The Balaban J connectivity index is 0.00000182. The lowest BCUT2D eigenvalue weighted by atomic mass is 10.2. The molecule has 0 spiro atoms. The number of benzene rings is 1. The molecule has 0 saturated carbocycles. The third-order valence-electron chi connectivity index (χ3n) is 4.15. The third kappa shape index (κ3) is 3.55. The maximum Gasteiger partial charge on any atom is 0.278 e. The third-order valence-corrected chi connectivity index (χ3v) is 4.15. The zero-order valence-corrected chi connectivity index (χ0v) is 14.4. The van der Waals surface area contributed by atoms with Gasteiger partial charge in [0.2, 0.25) is 0 Å². The van der Waals surface area contributed by atoms with Crippen molar-refractivity contribution in [3.8, 4) is 17.3 Å². The molecule has 9 heteroatoms. The number of aromatic nitrogens is 4. The molecule has 25 heavy (non-hydrogen) atoms. The molecule has 1 fully saturated rings. The van der Waals surface area contributed by atoms with Crippen molar-refractivity contribution in [3.63, 3.8) is 0 Å². The van der Waals surface area contributed by atoms with Crippen LogP contribution in [0.15, 0.2) is 41.1 Å². The number of halogens is 2. The number of hydrogen-bond donors (Lipinski definition) is 1. The lowest BCUT2D eigenvalue weighted by molar-refractivity contribution is 0.190. The zero-order valence-electron chi connectivity index (χ0n) is 13.6. The Morgan fingerprint density at radius 3 is 2.80 bits per heavy atom. The first-order valence-corrected chi connectivity index (χ1v) is 7.77. The number of likely N-dealkylation sites (N-methyl/N-ethyl adjacent to an activating group) is 1. The summed E-state index contributed by atoms with van der Waals surface area (Å²) in [5, 5.41) is 11.8. The number of hydrogen-bond acceptors (Lipinski definition) is 6. The highest BCUT2D eigenvalue weighted by molar-refractivity contribution is 5.85. The van der Waals surface area contributed by atoms with Gasteiger partial charge in [0.15, 0.2) is 11.5 Å². The Morgan fingerprint density at radius 1 is 1.24 bits per heavy atom. The monoisotopic (exact) mass is 364 g/mol. The fourth-order valence-electron chi connectivity index (χ4n) is 2.74. The molecule has 0 bridgehead atoms. The minimum atomic E-state index is -0.280. The first-order valence-electron chi connectivity index (χ1n) is 7.77. The molecule has 0 amide bonds. The molecule has 7 nitrogen and oxygen atoms in total. The quantitative estimate of drug-likeness (QED) is 0.767. The van der Waals surface area contributed by atoms with E-state index in [4.69, 9.17) is 4.52 Å². The van der Waals surface area contributed by atoms with Crippen molar-refractivity contribution in [1.29, 1.82) is 0 Å². The summed E-state index contributed by atoms with van der Waals surface area (Å²) in [6.07, 6.45) is 1.78. The molecule has 1 saturated heterocycles. The molecule has 0 radical (unpaired) electrons. The van der Waals surface area contributed by atoms with Crippen LogP contribution in [0.3, 0.4) is 0 Å². The molecule has 2 aromatic heterocycles. The molecule has 1 N–H and O–H groups in total. The van der Waals surface area contributed by atoms with Gasteiger partial charge in [-0.25, -0.2) is 9.07 Å². The van der Waals surface area contributed by atoms with Gasteiger partial charge >= 0.3 is 0 Å². The SMILES string of the molecule is CN1CCNCC1c1noc(-c2ccn(-c3ccc(F)cc3)n2)n1.Cl. The fourth-order valence-corrected chi connectivity index (χ4v) is 2.74. The van der Waals surface area contributed by atoms with E-state index in [2.05, 4.69) is 25.5 Å². The average Bonchev–Trinajstić information content (AvgIpc) is 3.25. The highest BCUT2D eigenvalue weighted by atomic mass is 35.5. The molecule has 1 unspecified atom stereocenters. The molecule has 1 atom stereocenters. The Hall–Kier alpha value is -2.29. The van der Waals surface area contributed by atoms with Crippen LogP contribution in [0.1, 0.15) is 11.9 Å². The topological polar surface area (TPSA) is 72.0 Å². The van der Waals surface area contributed by atoms with Gasteiger partial charge in [-0.2, -0.15) is 10.1 Å². The lowest BCUT2D eigenvalue weighted by Crippen LogP contribution is -2.44. The van der Waals surface area contributed by atoms with Gasteiger partial charge in [-0.3, -0.25) is 4.90 Å². The summed E-state index contributed by atoms with van der Waals surface area (Å²) >= 11 is 0. The maximum atomic E-state index is 13.0. The van der Waals surface area contributed by atoms with E-state index in [1.54, 1.807) is 29.1 Å². The predicted octanol–water partition coefficient (Wildman–Crippen LogP) is 2.06. The first kappa shape index (κ1) is 17.5. The summed E-state index contributed by atoms with van der Waals surface area (Å²) in [4.78, 5) is 6.68. The van der Waals surface area contributed by atoms with Crippen molar-refractivity contribution in [2.24, 2.45) is 0 Å². The van der Waals surface area contributed by atoms with Gasteiger partial charge in [0, 0.05) is 25.8 Å². The molecule has 4 rings (SSSR count). The van der Waals surface area contributed by atoms with E-state index >= 15 is 0 Å². The molecule has 1 aliphatic rings. The van der Waals surface area contributed by atoms with Crippen LogP contribution in [0.2, 0.25) is 0 Å². The lowest BCUT2D eigenvalue weighted by Gasteiger charge is -2.30. The smallest absolute Gasteiger partial charge is 0.278 e. The molecule has 0 aliphatic carbocycles. The Labute approximate surface area is 150 Å². The van der Waals surface area contributed by atoms with Gasteiger partial charge < -0.3 is 9.84 Å². The second kappa shape index (κ2) is 7.30. The largest absolute Gasteiger partial charge is 0.332 e. The maximum absolute atomic E-state index is 13.0. The van der Waals surface area contributed by atoms with Crippen molar-refractivity contribution in [1.82, 2.24) is 30.1 Å². The second-order valence-corrected chi connectivity index (χ2v) is 5.78. The summed E-state index contributed by atoms with van der Waals surface area (Å²) in [7, 11) is 2.05. The summed E-state index contributed by atoms with van der Waals surface area (Å²) < 4.78 is 20.0. The predicted molar refractivity (Wildman–Crippen MR) is 92.3 cm³/mol. The highest BCUT2D eigenvalue weighted by Gasteiger charge is 2.25. The van der Waals surface area contributed by atoms with Crippen molar-refractivity contribution >= 4 is 12.4 Å². The van der Waals surface area contributed by atoms with Gasteiger partial charge in [0.25, 0.3) is 5.89 Å². The fraction of sp³-hybridized carbons (Fsp3) is 0.312. The van der Waals surface area contributed by atoms with Crippen molar-refractivity contribution in [2.45, 2.75) is 6.04 Å². The van der Waals surface area contributed by atoms with Crippen LogP contribution in [0.5, 0.6) is 0 Å². The van der Waals surface area contributed by atoms with E-state index in [0.717, 1.165) is 25.3 Å². The molecular formula is C16H18ClFN6O. The van der Waals surface area contributed by atoms with E-state index in [1.165, 1.54) is 12.1 Å². The number of nitrogens with one attached hydrogen (secondary N) is 1. The highest BCUT2D eigenvalue weighted by Crippen LogP contribution is 2.22. The normalized spacial score (nSPS) is 18.1. The second-order valence-electron chi connectivity index (χ2n) is 5.78. The zero-order chi connectivity index (χ0) is 16.5. The number of nitrogens with zero attached hydrogens (tertiary/aromatic N) is 5. The summed E-state index contributed by atoms with van der Waals surface area (Å²) in [5.74, 6) is 0.749. The van der Waals surface area contributed by atoms with Crippen LogP contribution in [-0.2, 0) is 0 Å². The van der Waals surface area contributed by atoms with Crippen LogP contribution in [-0.4, -0.2) is 51.5 Å². The van der Waals surface area contributed by atoms with E-state index in [0.29, 0.717) is 17.4 Å². The summed E-state index contributed by atoms with van der Waals surface area (Å²) in [5.41, 5.74) is 1.35. The minimum Gasteiger partial charge on any atom is -0.332 e. The molecule has 1 aromatic carbocycles. The summed E-state index contributed by atoms with van der Waals surface area (Å²) in [6, 6.07) is 8.00. The Morgan fingerprint density at radius 2 is 2.04 bits per heavy atom. The van der Waals surface area contributed by atoms with Crippen molar-refractivity contribution in [2.75, 3.05) is 26.7 Å². The van der Waals surface area contributed by atoms with Gasteiger partial charge in [-0.15, -0.1) is 12.4 Å². The first-order chi connectivity index (χ1) is 11.7. The van der Waals surface area contributed by atoms with Gasteiger partial charge in [0.1, 0.15) is 5.82 Å². The van der Waals surface area contributed by atoms with E-state index in [1.807, 2.05) is 7.05 Å². The van der Waals surface area contributed by atoms with Crippen LogP contribution in [0.25, 0.3) is 17.3 Å². The molecule has 132 valence electrons. The van der Waals surface area contributed by atoms with Crippen LogP contribution < -0.4 is 5.32 Å². The van der Waals surface area contributed by atoms with Crippen molar-refractivity contribution < 1.29 is 8.91 Å². The average molecular weight is 365 g/mol. The standard InChI is InChI=1S/C16H17FN6O.ClH/c1-22-9-7-18-10-14(22)15-19-16(24-21-15)13-6-8-23(20-13)12-4-2-11(17)3-5-12;/h2-6,8,14,18H,7,9-10H2,1H3;1H. The van der Waals surface area contributed by atoms with Crippen molar-refractivity contribution in [3.05, 3.63) is 48.2 Å². The van der Waals surface area contributed by atoms with Crippen LogP contribution in [0.4, 0.5) is 4.39 Å².